The van der Waals surface area contributed by atoms with E-state index in [1.165, 1.54) is 0 Å². The summed E-state index contributed by atoms with van der Waals surface area (Å²) in [5.74, 6) is 1.16. The fraction of sp³-hybridized carbons (Fsp3) is 0.500. The molecule has 2 aliphatic heterocycles. The predicted octanol–water partition coefficient (Wildman–Crippen LogP) is 1.51. The molecule has 22 heavy (non-hydrogen) atoms. The molecule has 1 aromatic rings. The summed E-state index contributed by atoms with van der Waals surface area (Å²) in [6.45, 7) is 3.28. The maximum atomic E-state index is 12.5. The molecule has 0 radical (unpaired) electrons. The second kappa shape index (κ2) is 6.71. The molecule has 0 N–H and O–H groups in total. The first-order valence-electron chi connectivity index (χ1n) is 7.47. The van der Waals surface area contributed by atoms with Crippen molar-refractivity contribution in [2.75, 3.05) is 31.3 Å². The van der Waals surface area contributed by atoms with Gasteiger partial charge in [-0.05, 0) is 12.5 Å². The van der Waals surface area contributed by atoms with Crippen molar-refractivity contribution in [2.24, 2.45) is 0 Å². The second-order valence-electron chi connectivity index (χ2n) is 5.71. The highest BCUT2D eigenvalue weighted by molar-refractivity contribution is 8.00. The van der Waals surface area contributed by atoms with E-state index in [9.17, 15) is 9.59 Å². The summed E-state index contributed by atoms with van der Waals surface area (Å²) >= 11 is 1.56. The molecule has 5 nitrogen and oxygen atoms in total. The predicted molar refractivity (Wildman–Crippen MR) is 85.3 cm³/mol. The zero-order valence-electron chi connectivity index (χ0n) is 12.6. The molecule has 118 valence electrons. The molecule has 2 saturated heterocycles. The van der Waals surface area contributed by atoms with Crippen molar-refractivity contribution in [1.29, 1.82) is 0 Å². The van der Waals surface area contributed by atoms with E-state index in [0.717, 1.165) is 5.56 Å². The van der Waals surface area contributed by atoms with Crippen molar-refractivity contribution < 1.29 is 14.3 Å². The quantitative estimate of drug-likeness (QED) is 0.847. The van der Waals surface area contributed by atoms with Crippen molar-refractivity contribution in [3.63, 3.8) is 0 Å². The number of benzene rings is 1. The molecular weight excluding hydrogens is 300 g/mol. The number of rotatable bonds is 3. The van der Waals surface area contributed by atoms with Gasteiger partial charge >= 0.3 is 0 Å². The van der Waals surface area contributed by atoms with Gasteiger partial charge in [-0.1, -0.05) is 30.3 Å². The Hall–Kier alpha value is -1.53. The normalized spacial score (nSPS) is 25.6. The highest BCUT2D eigenvalue weighted by Crippen LogP contribution is 2.25. The summed E-state index contributed by atoms with van der Waals surface area (Å²) in [5, 5.41) is 0. The van der Waals surface area contributed by atoms with Gasteiger partial charge in [0.15, 0.2) is 0 Å². The van der Waals surface area contributed by atoms with Gasteiger partial charge < -0.3 is 14.5 Å². The average molecular weight is 320 g/mol. The van der Waals surface area contributed by atoms with Gasteiger partial charge in [-0.3, -0.25) is 9.59 Å². The van der Waals surface area contributed by atoms with Gasteiger partial charge in [0, 0.05) is 6.54 Å². The molecule has 2 atom stereocenters. The fourth-order valence-electron chi connectivity index (χ4n) is 2.81. The summed E-state index contributed by atoms with van der Waals surface area (Å²) in [4.78, 5) is 27.6. The molecule has 2 heterocycles. The van der Waals surface area contributed by atoms with Crippen LogP contribution in [0.25, 0.3) is 0 Å². The van der Waals surface area contributed by atoms with Crippen LogP contribution in [0.3, 0.4) is 0 Å². The van der Waals surface area contributed by atoms with E-state index in [1.807, 2.05) is 42.2 Å². The van der Waals surface area contributed by atoms with E-state index in [2.05, 4.69) is 0 Å². The van der Waals surface area contributed by atoms with Crippen LogP contribution in [0, 0.1) is 0 Å². The highest BCUT2D eigenvalue weighted by atomic mass is 32.2. The Kier molecular flexibility index (Phi) is 4.69. The van der Waals surface area contributed by atoms with Crippen LogP contribution in [-0.4, -0.2) is 59.0 Å². The zero-order chi connectivity index (χ0) is 15.5. The van der Waals surface area contributed by atoms with Crippen LogP contribution < -0.4 is 0 Å². The van der Waals surface area contributed by atoms with Crippen molar-refractivity contribution in [3.05, 3.63) is 35.9 Å². The van der Waals surface area contributed by atoms with Gasteiger partial charge in [0.05, 0.1) is 24.3 Å². The van der Waals surface area contributed by atoms with Crippen molar-refractivity contribution in [1.82, 2.24) is 9.80 Å². The smallest absolute Gasteiger partial charge is 0.242 e. The molecule has 0 saturated carbocycles. The van der Waals surface area contributed by atoms with Gasteiger partial charge in [0.2, 0.25) is 11.8 Å². The number of ether oxygens (including phenoxy) is 1. The van der Waals surface area contributed by atoms with E-state index < -0.39 is 0 Å². The minimum atomic E-state index is -0.0995. The molecule has 1 aromatic carbocycles. The van der Waals surface area contributed by atoms with Crippen LogP contribution in [-0.2, 0) is 14.3 Å². The zero-order valence-corrected chi connectivity index (χ0v) is 13.4. The number of nitrogens with zero attached hydrogens (tertiary/aromatic N) is 2. The Morgan fingerprint density at radius 2 is 2.09 bits per heavy atom. The third-order valence-electron chi connectivity index (χ3n) is 3.94. The number of morpholine rings is 1. The lowest BCUT2D eigenvalue weighted by Gasteiger charge is -2.37. The fourth-order valence-corrected chi connectivity index (χ4v) is 3.71. The Balaban J connectivity index is 1.65. The maximum Gasteiger partial charge on any atom is 0.242 e. The van der Waals surface area contributed by atoms with E-state index in [0.29, 0.717) is 24.7 Å². The minimum Gasteiger partial charge on any atom is -0.367 e. The molecule has 0 spiro atoms. The molecule has 0 bridgehead atoms. The van der Waals surface area contributed by atoms with E-state index >= 15 is 0 Å². The van der Waals surface area contributed by atoms with Crippen LogP contribution in [0.4, 0.5) is 0 Å². The standard InChI is InChI=1S/C16H20N2O3S/c1-12-7-17(15(19)9-18-11-22-10-16(18)20)8-14(21-12)13-5-3-2-4-6-13/h2-6,12,14H,7-11H2,1H3. The molecule has 2 unspecified atom stereocenters. The Morgan fingerprint density at radius 3 is 2.77 bits per heavy atom. The molecule has 3 rings (SSSR count). The topological polar surface area (TPSA) is 49.9 Å². The first-order valence-corrected chi connectivity index (χ1v) is 8.62. The van der Waals surface area contributed by atoms with Gasteiger partial charge in [-0.25, -0.2) is 0 Å². The highest BCUT2D eigenvalue weighted by Gasteiger charge is 2.31. The van der Waals surface area contributed by atoms with Crippen molar-refractivity contribution >= 4 is 23.6 Å². The third kappa shape index (κ3) is 3.44. The largest absolute Gasteiger partial charge is 0.367 e. The van der Waals surface area contributed by atoms with Crippen LogP contribution in [0.5, 0.6) is 0 Å². The van der Waals surface area contributed by atoms with Gasteiger partial charge in [0.1, 0.15) is 12.6 Å². The van der Waals surface area contributed by atoms with Crippen LogP contribution in [0.2, 0.25) is 0 Å². The second-order valence-corrected chi connectivity index (χ2v) is 6.67. The average Bonchev–Trinajstić information content (AvgIpc) is 2.92. The monoisotopic (exact) mass is 320 g/mol. The number of carbonyl (C=O) groups excluding carboxylic acids is 2. The SMILES string of the molecule is CC1CN(C(=O)CN2CSCC2=O)CC(c2ccccc2)O1. The Labute approximate surface area is 134 Å². The van der Waals surface area contributed by atoms with E-state index in [-0.39, 0.29) is 30.6 Å². The number of hydrogen-bond acceptors (Lipinski definition) is 4. The van der Waals surface area contributed by atoms with Gasteiger partial charge in [-0.15, -0.1) is 11.8 Å². The van der Waals surface area contributed by atoms with Crippen molar-refractivity contribution in [2.45, 2.75) is 19.1 Å². The molecule has 0 aliphatic carbocycles. The van der Waals surface area contributed by atoms with Crippen LogP contribution in [0.15, 0.2) is 30.3 Å². The molecule has 2 aliphatic rings. The summed E-state index contributed by atoms with van der Waals surface area (Å²) in [6.07, 6.45) is -0.107. The van der Waals surface area contributed by atoms with Crippen LogP contribution >= 0.6 is 11.8 Å². The summed E-state index contributed by atoms with van der Waals surface area (Å²) in [6, 6.07) is 9.96. The van der Waals surface area contributed by atoms with Crippen LogP contribution in [0.1, 0.15) is 18.6 Å². The molecule has 2 amide bonds. The number of carbonyl (C=O) groups is 2. The molecular formula is C16H20N2O3S. The lowest BCUT2D eigenvalue weighted by atomic mass is 10.1. The number of thioether (sulfide) groups is 1. The lowest BCUT2D eigenvalue weighted by molar-refractivity contribution is -0.148. The Morgan fingerprint density at radius 1 is 1.32 bits per heavy atom. The van der Waals surface area contributed by atoms with Gasteiger partial charge in [0.25, 0.3) is 0 Å². The molecule has 2 fully saturated rings. The minimum absolute atomic E-state index is 0.00642. The number of hydrogen-bond donors (Lipinski definition) is 0. The first-order chi connectivity index (χ1) is 10.6. The molecule has 0 aromatic heterocycles. The molecule has 6 heteroatoms. The Bertz CT molecular complexity index is 552. The van der Waals surface area contributed by atoms with Crippen molar-refractivity contribution in [3.8, 4) is 0 Å². The van der Waals surface area contributed by atoms with E-state index in [1.54, 1.807) is 16.7 Å². The summed E-state index contributed by atoms with van der Waals surface area (Å²) in [5.41, 5.74) is 1.08. The maximum absolute atomic E-state index is 12.5. The lowest BCUT2D eigenvalue weighted by Crippen LogP contribution is -2.49. The number of amides is 2. The third-order valence-corrected chi connectivity index (χ3v) is 4.88. The summed E-state index contributed by atoms with van der Waals surface area (Å²) in [7, 11) is 0. The van der Waals surface area contributed by atoms with E-state index in [4.69, 9.17) is 4.74 Å². The van der Waals surface area contributed by atoms with Gasteiger partial charge in [-0.2, -0.15) is 0 Å². The summed E-state index contributed by atoms with van der Waals surface area (Å²) < 4.78 is 5.97. The first kappa shape index (κ1) is 15.4.